The van der Waals surface area contributed by atoms with Crippen LogP contribution in [0.15, 0.2) is 35.3 Å². The first kappa shape index (κ1) is 22.0. The molecule has 0 aliphatic heterocycles. The first-order valence-electron chi connectivity index (χ1n) is 7.92. The lowest BCUT2D eigenvalue weighted by molar-refractivity contribution is 0.128. The molecule has 0 saturated carbocycles. The standard InChI is InChI=1S/C17H29N3O2.HI/c1-15(2)9-12-21-13-10-19-17(18-3)20-11-14-22-16-7-5-4-6-8-16;/h4-8,15H,9-14H2,1-3H3,(H2,18,19,20);1H. The van der Waals surface area contributed by atoms with Crippen LogP contribution in [0.4, 0.5) is 0 Å². The average Bonchev–Trinajstić information content (AvgIpc) is 2.53. The first-order valence-corrected chi connectivity index (χ1v) is 7.92. The fourth-order valence-electron chi connectivity index (χ4n) is 1.74. The highest BCUT2D eigenvalue weighted by atomic mass is 127. The summed E-state index contributed by atoms with van der Waals surface area (Å²) in [6, 6.07) is 9.79. The summed E-state index contributed by atoms with van der Waals surface area (Å²) >= 11 is 0. The van der Waals surface area contributed by atoms with Crippen LogP contribution in [0.5, 0.6) is 5.75 Å². The smallest absolute Gasteiger partial charge is 0.191 e. The number of guanidine groups is 1. The number of ether oxygens (including phenoxy) is 2. The van der Waals surface area contributed by atoms with Crippen LogP contribution in [0, 0.1) is 5.92 Å². The van der Waals surface area contributed by atoms with Gasteiger partial charge in [0.25, 0.3) is 0 Å². The molecule has 0 aliphatic carbocycles. The van der Waals surface area contributed by atoms with Gasteiger partial charge in [0, 0.05) is 20.2 Å². The van der Waals surface area contributed by atoms with Gasteiger partial charge < -0.3 is 20.1 Å². The molecule has 2 N–H and O–H groups in total. The number of nitrogens with zero attached hydrogens (tertiary/aromatic N) is 1. The summed E-state index contributed by atoms with van der Waals surface area (Å²) in [5.74, 6) is 2.34. The molecule has 1 aromatic rings. The molecule has 0 fully saturated rings. The zero-order valence-electron chi connectivity index (χ0n) is 14.4. The van der Waals surface area contributed by atoms with Gasteiger partial charge in [0.2, 0.25) is 0 Å². The maximum atomic E-state index is 5.61. The molecule has 0 radical (unpaired) electrons. The van der Waals surface area contributed by atoms with Gasteiger partial charge in [-0.3, -0.25) is 4.99 Å². The summed E-state index contributed by atoms with van der Waals surface area (Å²) in [5.41, 5.74) is 0. The van der Waals surface area contributed by atoms with Crippen LogP contribution in [0.25, 0.3) is 0 Å². The molecule has 0 aromatic heterocycles. The quantitative estimate of drug-likeness (QED) is 0.257. The van der Waals surface area contributed by atoms with Crippen molar-refractivity contribution in [1.82, 2.24) is 10.6 Å². The zero-order valence-corrected chi connectivity index (χ0v) is 16.7. The SMILES string of the molecule is CN=C(NCCOCCC(C)C)NCCOc1ccccc1.I. The van der Waals surface area contributed by atoms with E-state index in [1.165, 1.54) is 0 Å². The van der Waals surface area contributed by atoms with Gasteiger partial charge in [0.15, 0.2) is 5.96 Å². The lowest BCUT2D eigenvalue weighted by Gasteiger charge is -2.13. The van der Waals surface area contributed by atoms with Gasteiger partial charge in [-0.15, -0.1) is 24.0 Å². The fourth-order valence-corrected chi connectivity index (χ4v) is 1.74. The van der Waals surface area contributed by atoms with Crippen molar-refractivity contribution in [2.75, 3.05) is 40.0 Å². The van der Waals surface area contributed by atoms with Gasteiger partial charge in [-0.05, 0) is 24.5 Å². The van der Waals surface area contributed by atoms with Crippen LogP contribution >= 0.6 is 24.0 Å². The molecule has 0 spiro atoms. The van der Waals surface area contributed by atoms with E-state index in [1.807, 2.05) is 30.3 Å². The van der Waals surface area contributed by atoms with E-state index in [0.29, 0.717) is 25.7 Å². The normalized spacial score (nSPS) is 11.0. The molecule has 0 amide bonds. The summed E-state index contributed by atoms with van der Waals surface area (Å²) in [7, 11) is 1.76. The van der Waals surface area contributed by atoms with E-state index < -0.39 is 0 Å². The second kappa shape index (κ2) is 14.6. The Hall–Kier alpha value is -1.02. The largest absolute Gasteiger partial charge is 0.492 e. The lowest BCUT2D eigenvalue weighted by atomic mass is 10.1. The highest BCUT2D eigenvalue weighted by Gasteiger charge is 1.98. The number of halogens is 1. The molecule has 0 bridgehead atoms. The number of aliphatic imine (C=N–C) groups is 1. The van der Waals surface area contributed by atoms with Crippen molar-refractivity contribution in [3.8, 4) is 5.75 Å². The Labute approximate surface area is 157 Å². The Morgan fingerprint density at radius 2 is 1.70 bits per heavy atom. The molecule has 0 aliphatic rings. The second-order valence-corrected chi connectivity index (χ2v) is 5.38. The summed E-state index contributed by atoms with van der Waals surface area (Å²) in [6.45, 7) is 7.94. The van der Waals surface area contributed by atoms with Gasteiger partial charge in [0.1, 0.15) is 12.4 Å². The number of nitrogens with one attached hydrogen (secondary N) is 2. The Morgan fingerprint density at radius 3 is 2.30 bits per heavy atom. The molecule has 132 valence electrons. The maximum absolute atomic E-state index is 5.61. The minimum atomic E-state index is 0. The van der Waals surface area contributed by atoms with E-state index in [4.69, 9.17) is 9.47 Å². The predicted molar refractivity (Wildman–Crippen MR) is 107 cm³/mol. The van der Waals surface area contributed by atoms with Gasteiger partial charge in [-0.25, -0.2) is 0 Å². The summed E-state index contributed by atoms with van der Waals surface area (Å²) in [4.78, 5) is 4.16. The minimum Gasteiger partial charge on any atom is -0.492 e. The number of benzene rings is 1. The molecule has 1 aromatic carbocycles. The Bertz CT molecular complexity index is 414. The van der Waals surface area contributed by atoms with Crippen molar-refractivity contribution in [3.63, 3.8) is 0 Å². The summed E-state index contributed by atoms with van der Waals surface area (Å²) in [5, 5.41) is 6.42. The number of hydrogen-bond donors (Lipinski definition) is 2. The summed E-state index contributed by atoms with van der Waals surface area (Å²) in [6.07, 6.45) is 1.10. The minimum absolute atomic E-state index is 0. The van der Waals surface area contributed by atoms with E-state index in [2.05, 4.69) is 29.5 Å². The Balaban J connectivity index is 0.00000484. The van der Waals surface area contributed by atoms with Crippen molar-refractivity contribution in [2.45, 2.75) is 20.3 Å². The van der Waals surface area contributed by atoms with E-state index in [-0.39, 0.29) is 24.0 Å². The van der Waals surface area contributed by atoms with Gasteiger partial charge >= 0.3 is 0 Å². The maximum Gasteiger partial charge on any atom is 0.191 e. The molecule has 5 nitrogen and oxygen atoms in total. The van der Waals surface area contributed by atoms with Crippen LogP contribution in [-0.4, -0.2) is 45.9 Å². The van der Waals surface area contributed by atoms with E-state index in [9.17, 15) is 0 Å². The number of rotatable bonds is 10. The first-order chi connectivity index (χ1) is 10.7. The average molecular weight is 435 g/mol. The van der Waals surface area contributed by atoms with Crippen LogP contribution in [0.2, 0.25) is 0 Å². The van der Waals surface area contributed by atoms with E-state index >= 15 is 0 Å². The fraction of sp³-hybridized carbons (Fsp3) is 0.588. The van der Waals surface area contributed by atoms with Crippen molar-refractivity contribution >= 4 is 29.9 Å². The third kappa shape index (κ3) is 12.1. The molecule has 0 unspecified atom stereocenters. The molecule has 6 heteroatoms. The molecule has 0 saturated heterocycles. The molecule has 0 heterocycles. The van der Waals surface area contributed by atoms with Crippen molar-refractivity contribution in [1.29, 1.82) is 0 Å². The van der Waals surface area contributed by atoms with Crippen molar-refractivity contribution in [3.05, 3.63) is 30.3 Å². The Kier molecular flexibility index (Phi) is 13.9. The molecule has 23 heavy (non-hydrogen) atoms. The number of para-hydroxylation sites is 1. The second-order valence-electron chi connectivity index (χ2n) is 5.38. The van der Waals surface area contributed by atoms with Gasteiger partial charge in [-0.2, -0.15) is 0 Å². The lowest BCUT2D eigenvalue weighted by Crippen LogP contribution is -2.40. The van der Waals surface area contributed by atoms with Gasteiger partial charge in [0.05, 0.1) is 13.2 Å². The third-order valence-electron chi connectivity index (χ3n) is 3.01. The highest BCUT2D eigenvalue weighted by molar-refractivity contribution is 14.0. The Morgan fingerprint density at radius 1 is 1.04 bits per heavy atom. The molecular formula is C17H30IN3O2. The highest BCUT2D eigenvalue weighted by Crippen LogP contribution is 2.07. The predicted octanol–water partition coefficient (Wildman–Crippen LogP) is 2.91. The topological polar surface area (TPSA) is 54.9 Å². The van der Waals surface area contributed by atoms with E-state index in [1.54, 1.807) is 7.05 Å². The zero-order chi connectivity index (χ0) is 16.0. The monoisotopic (exact) mass is 435 g/mol. The van der Waals surface area contributed by atoms with Crippen LogP contribution in [0.3, 0.4) is 0 Å². The van der Waals surface area contributed by atoms with Gasteiger partial charge in [-0.1, -0.05) is 32.0 Å². The van der Waals surface area contributed by atoms with Crippen LogP contribution in [0.1, 0.15) is 20.3 Å². The molecular weight excluding hydrogens is 405 g/mol. The van der Waals surface area contributed by atoms with E-state index in [0.717, 1.165) is 31.3 Å². The number of hydrogen-bond acceptors (Lipinski definition) is 3. The van der Waals surface area contributed by atoms with Crippen molar-refractivity contribution < 1.29 is 9.47 Å². The van der Waals surface area contributed by atoms with Crippen LogP contribution in [-0.2, 0) is 4.74 Å². The van der Waals surface area contributed by atoms with Crippen molar-refractivity contribution in [2.24, 2.45) is 10.9 Å². The molecule has 0 atom stereocenters. The third-order valence-corrected chi connectivity index (χ3v) is 3.01. The van der Waals surface area contributed by atoms with Crippen LogP contribution < -0.4 is 15.4 Å². The summed E-state index contributed by atoms with van der Waals surface area (Å²) < 4.78 is 11.2. The molecule has 1 rings (SSSR count).